The van der Waals surface area contributed by atoms with Gasteiger partial charge in [0.05, 0.1) is 13.2 Å². The van der Waals surface area contributed by atoms with Gasteiger partial charge in [-0.1, -0.05) is 0 Å². The SMILES string of the molecule is C=NN=C(N=C(N)NNC)N1CCOCC1. The monoisotopic (exact) mass is 227 g/mol. The molecule has 8 heteroatoms. The second-order valence-corrected chi connectivity index (χ2v) is 3.01. The first kappa shape index (κ1) is 12.4. The Morgan fingerprint density at radius 1 is 1.44 bits per heavy atom. The van der Waals surface area contributed by atoms with Gasteiger partial charge < -0.3 is 15.4 Å². The average molecular weight is 227 g/mol. The highest BCUT2D eigenvalue weighted by Crippen LogP contribution is 2.00. The summed E-state index contributed by atoms with van der Waals surface area (Å²) in [5.74, 6) is 0.648. The van der Waals surface area contributed by atoms with Crippen LogP contribution in [0.25, 0.3) is 0 Å². The van der Waals surface area contributed by atoms with Crippen molar-refractivity contribution >= 4 is 18.6 Å². The van der Waals surface area contributed by atoms with Gasteiger partial charge >= 0.3 is 0 Å². The molecule has 0 amide bonds. The largest absolute Gasteiger partial charge is 0.378 e. The molecule has 1 aliphatic rings. The molecule has 0 unspecified atom stereocenters. The minimum Gasteiger partial charge on any atom is -0.378 e. The van der Waals surface area contributed by atoms with Crippen LogP contribution in [0.5, 0.6) is 0 Å². The summed E-state index contributed by atoms with van der Waals surface area (Å²) < 4.78 is 5.23. The van der Waals surface area contributed by atoms with Crippen molar-refractivity contribution in [2.75, 3.05) is 33.4 Å². The number of nitrogens with two attached hydrogens (primary N) is 1. The van der Waals surface area contributed by atoms with Gasteiger partial charge in [-0.3, -0.25) is 5.43 Å². The fourth-order valence-electron chi connectivity index (χ4n) is 1.25. The van der Waals surface area contributed by atoms with Crippen molar-refractivity contribution in [3.8, 4) is 0 Å². The summed E-state index contributed by atoms with van der Waals surface area (Å²) in [5, 5.41) is 7.30. The van der Waals surface area contributed by atoms with Crippen LogP contribution in [-0.2, 0) is 4.74 Å². The average Bonchev–Trinajstić information content (AvgIpc) is 2.30. The quantitative estimate of drug-likeness (QED) is 0.297. The Bertz CT molecular complexity index is 282. The van der Waals surface area contributed by atoms with Crippen molar-refractivity contribution in [1.29, 1.82) is 0 Å². The molecule has 0 aromatic rings. The van der Waals surface area contributed by atoms with E-state index in [2.05, 4.69) is 32.8 Å². The summed E-state index contributed by atoms with van der Waals surface area (Å²) >= 11 is 0. The first-order valence-corrected chi connectivity index (χ1v) is 4.91. The number of hydrogen-bond acceptors (Lipinski definition) is 4. The number of hydrazine groups is 1. The van der Waals surface area contributed by atoms with Crippen LogP contribution in [0, 0.1) is 0 Å². The van der Waals surface area contributed by atoms with E-state index in [-0.39, 0.29) is 5.96 Å². The van der Waals surface area contributed by atoms with Crippen LogP contribution < -0.4 is 16.6 Å². The van der Waals surface area contributed by atoms with Crippen LogP contribution in [0.4, 0.5) is 0 Å². The molecule has 4 N–H and O–H groups in total. The summed E-state index contributed by atoms with van der Waals surface area (Å²) in [7, 11) is 1.69. The fourth-order valence-corrected chi connectivity index (χ4v) is 1.25. The van der Waals surface area contributed by atoms with Crippen molar-refractivity contribution in [1.82, 2.24) is 15.8 Å². The number of rotatable bonds is 2. The first-order valence-electron chi connectivity index (χ1n) is 4.91. The zero-order valence-corrected chi connectivity index (χ0v) is 9.31. The van der Waals surface area contributed by atoms with Crippen molar-refractivity contribution in [2.24, 2.45) is 20.9 Å². The molecule has 90 valence electrons. The minimum absolute atomic E-state index is 0.219. The highest BCUT2D eigenvalue weighted by atomic mass is 16.5. The van der Waals surface area contributed by atoms with Crippen LogP contribution in [-0.4, -0.2) is 56.9 Å². The van der Waals surface area contributed by atoms with Crippen molar-refractivity contribution in [3.63, 3.8) is 0 Å². The van der Waals surface area contributed by atoms with Crippen LogP contribution in [0.1, 0.15) is 0 Å². The predicted molar refractivity (Wildman–Crippen MR) is 63.2 cm³/mol. The van der Waals surface area contributed by atoms with Gasteiger partial charge in [-0.05, 0) is 0 Å². The van der Waals surface area contributed by atoms with E-state index in [1.54, 1.807) is 7.05 Å². The van der Waals surface area contributed by atoms with Crippen LogP contribution in [0.15, 0.2) is 15.2 Å². The Morgan fingerprint density at radius 2 is 2.12 bits per heavy atom. The number of guanidine groups is 2. The smallest absolute Gasteiger partial charge is 0.248 e. The predicted octanol–water partition coefficient (Wildman–Crippen LogP) is -1.67. The zero-order valence-electron chi connectivity index (χ0n) is 9.31. The van der Waals surface area contributed by atoms with Gasteiger partial charge in [0.15, 0.2) is 0 Å². The number of ether oxygens (including phenoxy) is 1. The maximum Gasteiger partial charge on any atom is 0.248 e. The molecular formula is C8H17N7O. The van der Waals surface area contributed by atoms with Crippen LogP contribution >= 0.6 is 0 Å². The second-order valence-electron chi connectivity index (χ2n) is 3.01. The summed E-state index contributed by atoms with van der Waals surface area (Å²) in [5.41, 5.74) is 10.9. The molecular weight excluding hydrogens is 210 g/mol. The summed E-state index contributed by atoms with van der Waals surface area (Å²) in [4.78, 5) is 6.02. The molecule has 8 nitrogen and oxygen atoms in total. The number of nitrogens with zero attached hydrogens (tertiary/aromatic N) is 4. The molecule has 1 heterocycles. The van der Waals surface area contributed by atoms with Gasteiger partial charge in [0.25, 0.3) is 0 Å². The molecule has 0 aliphatic carbocycles. The molecule has 0 radical (unpaired) electrons. The van der Waals surface area contributed by atoms with Gasteiger partial charge in [-0.2, -0.15) is 10.1 Å². The summed E-state index contributed by atoms with van der Waals surface area (Å²) in [6.07, 6.45) is 0. The molecule has 0 atom stereocenters. The Kier molecular flexibility index (Phi) is 5.23. The summed E-state index contributed by atoms with van der Waals surface area (Å²) in [6.45, 7) is 6.02. The number of aliphatic imine (C=N–C) groups is 1. The van der Waals surface area contributed by atoms with Crippen molar-refractivity contribution in [3.05, 3.63) is 0 Å². The van der Waals surface area contributed by atoms with Crippen molar-refractivity contribution < 1.29 is 4.74 Å². The second kappa shape index (κ2) is 6.75. The standard InChI is InChI=1S/C8H17N7O/c1-10-13-7(9)12-8(14-11-2)15-3-5-16-6-4-15/h10H,2-6H2,1H3,(H3,9,12,13,14). The molecule has 0 saturated carbocycles. The van der Waals surface area contributed by atoms with E-state index < -0.39 is 0 Å². The Balaban J connectivity index is 2.70. The molecule has 0 aromatic carbocycles. The number of nitrogens with one attached hydrogen (secondary N) is 2. The summed E-state index contributed by atoms with van der Waals surface area (Å²) in [6, 6.07) is 0. The highest BCUT2D eigenvalue weighted by Gasteiger charge is 2.15. The lowest BCUT2D eigenvalue weighted by Crippen LogP contribution is -2.44. The van der Waals surface area contributed by atoms with Gasteiger partial charge in [0.1, 0.15) is 0 Å². The molecule has 1 aliphatic heterocycles. The third-order valence-electron chi connectivity index (χ3n) is 1.93. The third kappa shape index (κ3) is 3.83. The minimum atomic E-state index is 0.219. The molecule has 0 spiro atoms. The Morgan fingerprint density at radius 3 is 2.69 bits per heavy atom. The van der Waals surface area contributed by atoms with Crippen LogP contribution in [0.3, 0.4) is 0 Å². The molecule has 1 rings (SSSR count). The topological polar surface area (TPSA) is 99.6 Å². The van der Waals surface area contributed by atoms with E-state index >= 15 is 0 Å². The normalized spacial score (nSPS) is 18.4. The Hall–Kier alpha value is -1.67. The molecule has 16 heavy (non-hydrogen) atoms. The number of hydrogen-bond donors (Lipinski definition) is 3. The zero-order chi connectivity index (χ0) is 11.8. The molecule has 1 fully saturated rings. The molecule has 0 aromatic heterocycles. The maximum atomic E-state index is 5.60. The third-order valence-corrected chi connectivity index (χ3v) is 1.93. The van der Waals surface area contributed by atoms with Gasteiger partial charge in [-0.15, -0.1) is 5.10 Å². The fraction of sp³-hybridized carbons (Fsp3) is 0.625. The lowest BCUT2D eigenvalue weighted by atomic mass is 10.4. The lowest BCUT2D eigenvalue weighted by molar-refractivity contribution is 0.0675. The maximum absolute atomic E-state index is 5.60. The van der Waals surface area contributed by atoms with E-state index in [0.717, 1.165) is 0 Å². The molecule has 0 bridgehead atoms. The molecule has 1 saturated heterocycles. The Labute approximate surface area is 94.2 Å². The lowest BCUT2D eigenvalue weighted by Gasteiger charge is -2.27. The van der Waals surface area contributed by atoms with Gasteiger partial charge in [0.2, 0.25) is 11.9 Å². The first-order chi connectivity index (χ1) is 7.77. The highest BCUT2D eigenvalue weighted by molar-refractivity contribution is 5.93. The number of morpholine rings is 1. The van der Waals surface area contributed by atoms with E-state index in [4.69, 9.17) is 10.5 Å². The van der Waals surface area contributed by atoms with E-state index in [1.807, 2.05) is 4.90 Å². The van der Waals surface area contributed by atoms with E-state index in [9.17, 15) is 0 Å². The van der Waals surface area contributed by atoms with E-state index in [0.29, 0.717) is 32.3 Å². The van der Waals surface area contributed by atoms with E-state index in [1.165, 1.54) is 0 Å². The van der Waals surface area contributed by atoms with Crippen molar-refractivity contribution in [2.45, 2.75) is 0 Å². The van der Waals surface area contributed by atoms with Gasteiger partial charge in [-0.25, -0.2) is 5.43 Å². The van der Waals surface area contributed by atoms with Crippen LogP contribution in [0.2, 0.25) is 0 Å². The van der Waals surface area contributed by atoms with Gasteiger partial charge in [0, 0.05) is 26.9 Å².